The van der Waals surface area contributed by atoms with Crippen LogP contribution in [0.15, 0.2) is 30.3 Å². The topological polar surface area (TPSA) is 41.6 Å². The molecular weight excluding hydrogens is 264 g/mol. The van der Waals surface area contributed by atoms with Gasteiger partial charge in [0.05, 0.1) is 0 Å². The second-order valence-corrected chi connectivity index (χ2v) is 4.62. The first kappa shape index (κ1) is 15.8. The van der Waals surface area contributed by atoms with Crippen LogP contribution in [0.25, 0.3) is 0 Å². The van der Waals surface area contributed by atoms with E-state index in [0.717, 1.165) is 31.6 Å². The van der Waals surface area contributed by atoms with Crippen LogP contribution in [0.1, 0.15) is 18.9 Å². The summed E-state index contributed by atoms with van der Waals surface area (Å²) in [6.45, 7) is 4.93. The summed E-state index contributed by atoms with van der Waals surface area (Å²) in [4.78, 5) is 13.8. The summed E-state index contributed by atoms with van der Waals surface area (Å²) in [7, 11) is 0. The lowest BCUT2D eigenvalue weighted by molar-refractivity contribution is 0.0856. The molecule has 1 saturated heterocycles. The number of hydrogen-bond acceptors (Lipinski definition) is 3. The zero-order valence-electron chi connectivity index (χ0n) is 11.2. The van der Waals surface area contributed by atoms with Crippen LogP contribution >= 0.6 is 12.4 Å². The van der Waals surface area contributed by atoms with Gasteiger partial charge in [0.1, 0.15) is 6.61 Å². The molecule has 19 heavy (non-hydrogen) atoms. The van der Waals surface area contributed by atoms with Crippen molar-refractivity contribution in [2.45, 2.75) is 26.0 Å². The van der Waals surface area contributed by atoms with E-state index in [9.17, 15) is 4.79 Å². The van der Waals surface area contributed by atoms with E-state index < -0.39 is 0 Å². The summed E-state index contributed by atoms with van der Waals surface area (Å²) in [5.41, 5.74) is 1.02. The van der Waals surface area contributed by atoms with Crippen molar-refractivity contribution in [3.63, 3.8) is 0 Å². The average Bonchev–Trinajstić information content (AvgIpc) is 2.62. The molecule has 1 aliphatic rings. The Bertz CT molecular complexity index is 386. The molecule has 1 aliphatic heterocycles. The number of benzene rings is 1. The largest absolute Gasteiger partial charge is 0.445 e. The summed E-state index contributed by atoms with van der Waals surface area (Å²) in [6, 6.07) is 10.0. The van der Waals surface area contributed by atoms with E-state index in [2.05, 4.69) is 12.2 Å². The number of nitrogens with one attached hydrogen (secondary N) is 1. The van der Waals surface area contributed by atoms with Crippen molar-refractivity contribution < 1.29 is 9.53 Å². The first-order valence-corrected chi connectivity index (χ1v) is 6.45. The van der Waals surface area contributed by atoms with Crippen LogP contribution in [0.5, 0.6) is 0 Å². The van der Waals surface area contributed by atoms with Gasteiger partial charge in [-0.2, -0.15) is 0 Å². The van der Waals surface area contributed by atoms with Crippen LogP contribution < -0.4 is 5.32 Å². The van der Waals surface area contributed by atoms with Crippen molar-refractivity contribution in [2.24, 2.45) is 0 Å². The molecule has 1 amide bonds. The van der Waals surface area contributed by atoms with E-state index in [-0.39, 0.29) is 24.5 Å². The lowest BCUT2D eigenvalue weighted by atomic mass is 10.2. The van der Waals surface area contributed by atoms with E-state index in [1.54, 1.807) is 0 Å². The van der Waals surface area contributed by atoms with Crippen LogP contribution in [0.4, 0.5) is 4.79 Å². The molecule has 1 atom stereocenters. The van der Waals surface area contributed by atoms with Crippen molar-refractivity contribution in [2.75, 3.05) is 19.6 Å². The highest BCUT2D eigenvalue weighted by Gasteiger charge is 2.22. The highest BCUT2D eigenvalue weighted by atomic mass is 35.5. The second kappa shape index (κ2) is 8.02. The fraction of sp³-hybridized carbons (Fsp3) is 0.500. The zero-order chi connectivity index (χ0) is 12.8. The summed E-state index contributed by atoms with van der Waals surface area (Å²) in [5, 5.41) is 3.29. The van der Waals surface area contributed by atoms with Gasteiger partial charge in [0, 0.05) is 19.1 Å². The van der Waals surface area contributed by atoms with Gasteiger partial charge >= 0.3 is 6.09 Å². The Labute approximate surface area is 120 Å². The molecule has 0 bridgehead atoms. The number of hydrogen-bond donors (Lipinski definition) is 1. The second-order valence-electron chi connectivity index (χ2n) is 4.62. The minimum absolute atomic E-state index is 0. The lowest BCUT2D eigenvalue weighted by Crippen LogP contribution is -2.39. The molecule has 1 aromatic rings. The van der Waals surface area contributed by atoms with Crippen molar-refractivity contribution in [1.82, 2.24) is 10.2 Å². The summed E-state index contributed by atoms with van der Waals surface area (Å²) in [6.07, 6.45) is 0.760. The number of carbonyl (C=O) groups is 1. The number of ether oxygens (including phenoxy) is 1. The minimum Gasteiger partial charge on any atom is -0.445 e. The van der Waals surface area contributed by atoms with Gasteiger partial charge in [-0.15, -0.1) is 12.4 Å². The Hall–Kier alpha value is -1.26. The average molecular weight is 285 g/mol. The van der Waals surface area contributed by atoms with Crippen LogP contribution in [0.3, 0.4) is 0 Å². The Morgan fingerprint density at radius 1 is 1.37 bits per heavy atom. The van der Waals surface area contributed by atoms with Crippen LogP contribution in [-0.4, -0.2) is 36.7 Å². The number of carbonyl (C=O) groups excluding carboxylic acids is 1. The normalized spacial score (nSPS) is 19.2. The number of rotatable bonds is 2. The monoisotopic (exact) mass is 284 g/mol. The third-order valence-corrected chi connectivity index (χ3v) is 3.24. The molecule has 4 nitrogen and oxygen atoms in total. The van der Waals surface area contributed by atoms with Gasteiger partial charge in [-0.3, -0.25) is 0 Å². The van der Waals surface area contributed by atoms with Crippen molar-refractivity contribution in [3.8, 4) is 0 Å². The molecule has 0 spiro atoms. The number of halogens is 1. The van der Waals surface area contributed by atoms with E-state index >= 15 is 0 Å². The molecule has 5 heteroatoms. The fourth-order valence-corrected chi connectivity index (χ4v) is 2.09. The molecule has 0 saturated carbocycles. The van der Waals surface area contributed by atoms with E-state index in [4.69, 9.17) is 4.74 Å². The van der Waals surface area contributed by atoms with Gasteiger partial charge in [0.2, 0.25) is 0 Å². The van der Waals surface area contributed by atoms with Crippen molar-refractivity contribution in [3.05, 3.63) is 35.9 Å². The molecule has 1 fully saturated rings. The maximum absolute atomic E-state index is 12.0. The summed E-state index contributed by atoms with van der Waals surface area (Å²) < 4.78 is 5.35. The predicted octanol–water partition coefficient (Wildman–Crippen LogP) is 2.43. The smallest absolute Gasteiger partial charge is 0.410 e. The van der Waals surface area contributed by atoms with Gasteiger partial charge in [0.15, 0.2) is 0 Å². The van der Waals surface area contributed by atoms with Crippen molar-refractivity contribution >= 4 is 18.5 Å². The third-order valence-electron chi connectivity index (χ3n) is 3.24. The molecule has 2 rings (SSSR count). The Morgan fingerprint density at radius 3 is 2.84 bits per heavy atom. The van der Waals surface area contributed by atoms with Gasteiger partial charge in [-0.05, 0) is 25.5 Å². The highest BCUT2D eigenvalue weighted by molar-refractivity contribution is 5.85. The quantitative estimate of drug-likeness (QED) is 0.907. The summed E-state index contributed by atoms with van der Waals surface area (Å²) in [5.74, 6) is 0. The number of nitrogens with zero attached hydrogens (tertiary/aromatic N) is 1. The van der Waals surface area contributed by atoms with Gasteiger partial charge in [-0.25, -0.2) is 4.79 Å². The molecule has 0 radical (unpaired) electrons. The van der Waals surface area contributed by atoms with E-state index in [0.29, 0.717) is 6.61 Å². The molecule has 0 unspecified atom stereocenters. The van der Waals surface area contributed by atoms with Crippen LogP contribution in [0, 0.1) is 0 Å². The molecule has 106 valence electrons. The standard InChI is InChI=1S/C14H20N2O2.ClH/c1-12-7-8-15-9-10-16(12)14(17)18-11-13-5-3-2-4-6-13;/h2-6,12,15H,7-11H2,1H3;1H/t12-;/m1./s1. The number of amides is 1. The maximum atomic E-state index is 12.0. The van der Waals surface area contributed by atoms with Gasteiger partial charge in [0.25, 0.3) is 0 Å². The fourth-order valence-electron chi connectivity index (χ4n) is 2.09. The Balaban J connectivity index is 0.00000180. The first-order chi connectivity index (χ1) is 8.77. The Morgan fingerprint density at radius 2 is 2.11 bits per heavy atom. The van der Waals surface area contributed by atoms with Gasteiger partial charge in [-0.1, -0.05) is 30.3 Å². The maximum Gasteiger partial charge on any atom is 0.410 e. The molecule has 1 heterocycles. The molecule has 0 aliphatic carbocycles. The Kier molecular flexibility index (Phi) is 6.67. The predicted molar refractivity (Wildman–Crippen MR) is 77.5 cm³/mol. The van der Waals surface area contributed by atoms with Gasteiger partial charge < -0.3 is 15.0 Å². The minimum atomic E-state index is -0.213. The molecular formula is C14H21ClN2O2. The molecule has 1 N–H and O–H groups in total. The van der Waals surface area contributed by atoms with E-state index in [1.807, 2.05) is 35.2 Å². The molecule has 0 aromatic heterocycles. The first-order valence-electron chi connectivity index (χ1n) is 6.45. The third kappa shape index (κ3) is 4.73. The zero-order valence-corrected chi connectivity index (χ0v) is 12.0. The highest BCUT2D eigenvalue weighted by Crippen LogP contribution is 2.09. The van der Waals surface area contributed by atoms with Crippen LogP contribution in [0.2, 0.25) is 0 Å². The lowest BCUT2D eigenvalue weighted by Gasteiger charge is -2.25. The SMILES string of the molecule is C[C@@H]1CCNCCN1C(=O)OCc1ccccc1.Cl. The van der Waals surface area contributed by atoms with Crippen molar-refractivity contribution in [1.29, 1.82) is 0 Å². The molecule has 1 aromatic carbocycles. The summed E-state index contributed by atoms with van der Waals surface area (Å²) >= 11 is 0. The van der Waals surface area contributed by atoms with E-state index in [1.165, 1.54) is 0 Å². The van der Waals surface area contributed by atoms with Crippen LogP contribution in [-0.2, 0) is 11.3 Å².